The van der Waals surface area contributed by atoms with Crippen molar-refractivity contribution in [3.63, 3.8) is 0 Å². The molecule has 0 bridgehead atoms. The number of hydrogen-bond acceptors (Lipinski definition) is 0. The van der Waals surface area contributed by atoms with Crippen molar-refractivity contribution in [1.29, 1.82) is 0 Å². The zero-order chi connectivity index (χ0) is 0. The summed E-state index contributed by atoms with van der Waals surface area (Å²) in [6.45, 7) is 0. The van der Waals surface area contributed by atoms with Gasteiger partial charge < -0.3 is 0 Å². The van der Waals surface area contributed by atoms with E-state index in [9.17, 15) is 0 Å². The van der Waals surface area contributed by atoms with Crippen LogP contribution in [0, 0.1) is 0 Å². The summed E-state index contributed by atoms with van der Waals surface area (Å²) in [5.41, 5.74) is 0. The summed E-state index contributed by atoms with van der Waals surface area (Å²) < 4.78 is 0. The molecule has 0 aromatic carbocycles. The van der Waals surface area contributed by atoms with Gasteiger partial charge in [-0.05, 0) is 0 Å². The Bertz CT molecular complexity index is 28.5. The fraction of sp³-hybridized carbons (Fsp3) is 0. The first-order valence-corrected chi connectivity index (χ1v) is 0. The summed E-state index contributed by atoms with van der Waals surface area (Å²) in [5, 5.41) is 0. The molecule has 0 fully saturated rings. The summed E-state index contributed by atoms with van der Waals surface area (Å²) in [6, 6.07) is 0. The van der Waals surface area contributed by atoms with Crippen molar-refractivity contribution in [2.24, 2.45) is 0 Å². The number of rotatable bonds is 0. The molecular formula is H11BaCaCuMgMoNiPSrV. The topological polar surface area (TPSA) is 0 Å². The molecule has 0 spiro atoms. The predicted molar refractivity (Wildman–Crippen MR) is 45.3 cm³/mol. The Kier molecular flexibility index (Phi) is 436. The van der Waals surface area contributed by atoms with Gasteiger partial charge >= 0.3 is 155 Å². The normalized spacial score (nSPS) is 0. The molecule has 2 radical (unpaired) electrons. The molecule has 9 heteroatoms. The molecule has 1 unspecified atom stereocenters. The summed E-state index contributed by atoms with van der Waals surface area (Å²) in [4.78, 5) is 0. The van der Waals surface area contributed by atoms with Crippen LogP contribution in [0.5, 0.6) is 0 Å². The van der Waals surface area contributed by atoms with E-state index in [2.05, 4.69) is 0 Å². The van der Waals surface area contributed by atoms with Crippen molar-refractivity contribution in [3.8, 4) is 0 Å². The van der Waals surface area contributed by atoms with Gasteiger partial charge in [0.2, 0.25) is 0 Å². The van der Waals surface area contributed by atoms with Gasteiger partial charge in [0, 0.05) is 73.2 Å². The Morgan fingerprint density at radius 2 is 1.00 bits per heavy atom. The van der Waals surface area contributed by atoms with Gasteiger partial charge in [-0.2, -0.15) is 9.90 Å². The van der Waals surface area contributed by atoms with Crippen LogP contribution < -0.4 is 0 Å². The van der Waals surface area contributed by atoms with Gasteiger partial charge in [-0.15, -0.1) is 0 Å². The van der Waals surface area contributed by atoms with Gasteiger partial charge in [-0.1, -0.05) is 0 Å². The van der Waals surface area contributed by atoms with Crippen LogP contribution in [-0.2, 0) is 73.2 Å². The van der Waals surface area contributed by atoms with E-state index in [0.717, 1.165) is 0 Å². The maximum atomic E-state index is 0. The third-order valence-electron chi connectivity index (χ3n) is 0. The average Bonchev–Trinajstić information content (AvgIpc) is 0. The molecule has 0 aliphatic heterocycles. The summed E-state index contributed by atoms with van der Waals surface area (Å²) in [7, 11) is 0. The van der Waals surface area contributed by atoms with E-state index >= 15 is 0 Å². The standard InChI is InChI=1S/Ba.Ca.Cu.Mg.Mo.Ni.H3P.Sr.V.8H/h;;;;;;1H3;;;;;;;;;;. The molecular weight excluding hydrogens is 589 g/mol. The van der Waals surface area contributed by atoms with E-state index in [0.29, 0.717) is 0 Å². The van der Waals surface area contributed by atoms with Crippen LogP contribution in [0.1, 0.15) is 0 Å². The minimum absolute atomic E-state index is 0. The molecule has 0 rings (SSSR count). The third-order valence-corrected chi connectivity index (χ3v) is 0. The van der Waals surface area contributed by atoms with Crippen LogP contribution in [-0.4, -0.2) is 155 Å². The van der Waals surface area contributed by atoms with E-state index in [-0.39, 0.29) is 238 Å². The van der Waals surface area contributed by atoms with Crippen molar-refractivity contribution >= 4 is 165 Å². The van der Waals surface area contributed by atoms with Crippen LogP contribution in [0.3, 0.4) is 0 Å². The van der Waals surface area contributed by atoms with Gasteiger partial charge in [0.15, 0.2) is 0 Å². The Labute approximate surface area is 231 Å². The van der Waals surface area contributed by atoms with Crippen molar-refractivity contribution < 1.29 is 73.2 Å². The zero-order valence-corrected chi connectivity index (χ0v) is 8.93. The maximum absolute atomic E-state index is 0. The molecule has 0 aliphatic rings. The average molecular weight is 601 g/mol. The van der Waals surface area contributed by atoms with Crippen LogP contribution >= 0.6 is 9.90 Å². The Balaban J connectivity index is 0. The fourth-order valence-electron chi connectivity index (χ4n) is 0. The van der Waals surface area contributed by atoms with Crippen LogP contribution in [0.15, 0.2) is 0 Å². The monoisotopic (exact) mass is 602 g/mol. The quantitative estimate of drug-likeness (QED) is 0.199. The summed E-state index contributed by atoms with van der Waals surface area (Å²) >= 11 is 0. The fourth-order valence-corrected chi connectivity index (χ4v) is 0. The van der Waals surface area contributed by atoms with Gasteiger partial charge in [-0.3, -0.25) is 0 Å². The van der Waals surface area contributed by atoms with Gasteiger partial charge in [0.1, 0.15) is 0 Å². The van der Waals surface area contributed by atoms with Crippen LogP contribution in [0.4, 0.5) is 0 Å². The van der Waals surface area contributed by atoms with Crippen molar-refractivity contribution in [1.82, 2.24) is 0 Å². The molecule has 0 N–H and O–H groups in total. The maximum Gasteiger partial charge on any atom is 0 e. The van der Waals surface area contributed by atoms with Gasteiger partial charge in [0.25, 0.3) is 0 Å². The Hall–Kier alpha value is 7.79. The second kappa shape index (κ2) is 56.9. The molecule has 0 saturated heterocycles. The zero-order valence-electron chi connectivity index (χ0n) is 2.18. The van der Waals surface area contributed by atoms with Gasteiger partial charge in [-0.25, -0.2) is 0 Å². The second-order valence-electron chi connectivity index (χ2n) is 0. The Morgan fingerprint density at radius 3 is 1.00 bits per heavy atom. The molecule has 0 amide bonds. The summed E-state index contributed by atoms with van der Waals surface area (Å²) in [6.07, 6.45) is 0. The van der Waals surface area contributed by atoms with E-state index in [4.69, 9.17) is 0 Å². The molecule has 0 aromatic heterocycles. The summed E-state index contributed by atoms with van der Waals surface area (Å²) in [5.74, 6) is 0. The van der Waals surface area contributed by atoms with E-state index < -0.39 is 0 Å². The second-order valence-corrected chi connectivity index (χ2v) is 0. The van der Waals surface area contributed by atoms with Crippen molar-refractivity contribution in [3.05, 3.63) is 0 Å². The smallest absolute Gasteiger partial charge is 0 e. The van der Waals surface area contributed by atoms with E-state index in [1.54, 1.807) is 0 Å². The first kappa shape index (κ1) is 69.0. The van der Waals surface area contributed by atoms with Crippen molar-refractivity contribution in [2.75, 3.05) is 0 Å². The molecule has 1 atom stereocenters. The minimum Gasteiger partial charge on any atom is 0 e. The molecule has 56 valence electrons. The van der Waals surface area contributed by atoms with E-state index in [1.165, 1.54) is 0 Å². The number of hydrogen-bond donors (Lipinski definition) is 0. The Morgan fingerprint density at radius 1 is 1.00 bits per heavy atom. The molecule has 9 heavy (non-hydrogen) atoms. The predicted octanol–water partition coefficient (Wildman–Crippen LogP) is -3.62. The first-order chi connectivity index (χ1) is 0. The largest absolute Gasteiger partial charge is 0 e. The molecule has 0 aromatic rings. The van der Waals surface area contributed by atoms with Gasteiger partial charge in [0.05, 0.1) is 0 Å². The molecule has 0 heterocycles. The van der Waals surface area contributed by atoms with E-state index in [1.807, 2.05) is 0 Å². The minimum atomic E-state index is 0. The van der Waals surface area contributed by atoms with Crippen LogP contribution in [0.2, 0.25) is 0 Å². The van der Waals surface area contributed by atoms with Crippen molar-refractivity contribution in [2.45, 2.75) is 0 Å². The first-order valence-electron chi connectivity index (χ1n) is 0. The third kappa shape index (κ3) is 49.5. The molecule has 0 nitrogen and oxygen atoms in total. The molecule has 0 saturated carbocycles. The molecule has 0 aliphatic carbocycles. The van der Waals surface area contributed by atoms with Crippen LogP contribution in [0.25, 0.3) is 0 Å². The SMILES string of the molecule is P.[BaH2].[CaH2].[Cu].[MgH2].[Mo].[Ni].[SrH2].[V].